The number of methoxy groups -OCH3 is 1. The summed E-state index contributed by atoms with van der Waals surface area (Å²) in [4.78, 5) is 11.2. The SMILES string of the molecule is COCCc1ccncc1N(c1ccc(C(F)(F)F)cc1)C1CCC2(CC1)OC1CC/C=C\C(C#N)=C/N=C12. The Labute approximate surface area is 226 Å². The Balaban J connectivity index is 1.44. The molecular weight excluding hydrogens is 505 g/mol. The average Bonchev–Trinajstić information content (AvgIpc) is 3.02. The number of aliphatic imine (C=N–C) groups is 1. The van der Waals surface area contributed by atoms with Crippen molar-refractivity contribution in [3.05, 3.63) is 77.8 Å². The second-order valence-electron chi connectivity index (χ2n) is 10.2. The number of fused-ring (bicyclic) bond motifs is 2. The second-order valence-corrected chi connectivity index (χ2v) is 10.2. The van der Waals surface area contributed by atoms with Crippen molar-refractivity contribution in [3.8, 4) is 6.07 Å². The molecule has 0 radical (unpaired) electrons. The molecule has 39 heavy (non-hydrogen) atoms. The summed E-state index contributed by atoms with van der Waals surface area (Å²) in [5.74, 6) is 0. The molecule has 0 amide bonds. The summed E-state index contributed by atoms with van der Waals surface area (Å²) < 4.78 is 51.7. The fraction of sp³-hybridized carbons (Fsp3) is 0.433. The largest absolute Gasteiger partial charge is 0.416 e. The number of hydrogen-bond donors (Lipinski definition) is 0. The zero-order chi connectivity index (χ0) is 27.5. The van der Waals surface area contributed by atoms with Crippen molar-refractivity contribution in [2.75, 3.05) is 18.6 Å². The van der Waals surface area contributed by atoms with E-state index in [0.717, 1.165) is 67.6 Å². The number of aromatic nitrogens is 1. The Kier molecular flexibility index (Phi) is 7.87. The molecule has 1 saturated heterocycles. The lowest BCUT2D eigenvalue weighted by atomic mass is 9.72. The van der Waals surface area contributed by atoms with Gasteiger partial charge in [-0.2, -0.15) is 18.4 Å². The van der Waals surface area contributed by atoms with Crippen molar-refractivity contribution in [2.45, 2.75) is 68.9 Å². The number of nitrogens with zero attached hydrogens (tertiary/aromatic N) is 4. The van der Waals surface area contributed by atoms with Crippen LogP contribution < -0.4 is 4.90 Å². The summed E-state index contributed by atoms with van der Waals surface area (Å²) in [6, 6.07) is 9.50. The fourth-order valence-electron chi connectivity index (χ4n) is 5.84. The van der Waals surface area contributed by atoms with E-state index in [-0.39, 0.29) is 12.1 Å². The fourth-order valence-corrected chi connectivity index (χ4v) is 5.84. The number of halogens is 3. The molecule has 1 spiro atoms. The highest BCUT2D eigenvalue weighted by Crippen LogP contribution is 2.47. The van der Waals surface area contributed by atoms with Crippen LogP contribution in [0.3, 0.4) is 0 Å². The monoisotopic (exact) mass is 536 g/mol. The van der Waals surface area contributed by atoms with Crippen LogP contribution >= 0.6 is 0 Å². The van der Waals surface area contributed by atoms with Gasteiger partial charge in [-0.15, -0.1) is 0 Å². The molecule has 2 aromatic rings. The topological polar surface area (TPSA) is 70.7 Å². The highest BCUT2D eigenvalue weighted by atomic mass is 19.4. The normalized spacial score (nSPS) is 26.9. The van der Waals surface area contributed by atoms with Gasteiger partial charge in [0.2, 0.25) is 0 Å². The Morgan fingerprint density at radius 3 is 2.62 bits per heavy atom. The molecule has 204 valence electrons. The molecule has 2 aliphatic heterocycles. The van der Waals surface area contributed by atoms with Crippen molar-refractivity contribution < 1.29 is 22.6 Å². The highest BCUT2D eigenvalue weighted by Gasteiger charge is 2.53. The van der Waals surface area contributed by atoms with E-state index in [2.05, 4.69) is 16.0 Å². The molecule has 2 fully saturated rings. The summed E-state index contributed by atoms with van der Waals surface area (Å²) in [6.45, 7) is 0.522. The van der Waals surface area contributed by atoms with Gasteiger partial charge in [-0.05, 0) is 86.9 Å². The van der Waals surface area contributed by atoms with Crippen LogP contribution in [0.25, 0.3) is 0 Å². The summed E-state index contributed by atoms with van der Waals surface area (Å²) in [6.07, 6.45) is 9.77. The summed E-state index contributed by atoms with van der Waals surface area (Å²) >= 11 is 0. The van der Waals surface area contributed by atoms with Gasteiger partial charge in [0.1, 0.15) is 17.8 Å². The number of ether oxygens (including phenoxy) is 2. The minimum atomic E-state index is -4.40. The Hall–Kier alpha value is -3.48. The molecule has 1 aromatic carbocycles. The van der Waals surface area contributed by atoms with Crippen molar-refractivity contribution in [1.82, 2.24) is 4.98 Å². The molecule has 1 aliphatic carbocycles. The first-order valence-corrected chi connectivity index (χ1v) is 13.3. The predicted octanol–water partition coefficient (Wildman–Crippen LogP) is 6.71. The predicted molar refractivity (Wildman–Crippen MR) is 143 cm³/mol. The third-order valence-corrected chi connectivity index (χ3v) is 7.83. The Morgan fingerprint density at radius 2 is 1.92 bits per heavy atom. The van der Waals surface area contributed by atoms with Gasteiger partial charge in [-0.25, -0.2) is 0 Å². The van der Waals surface area contributed by atoms with Crippen molar-refractivity contribution >= 4 is 17.1 Å². The van der Waals surface area contributed by atoms with Crippen LogP contribution in [-0.2, 0) is 22.1 Å². The van der Waals surface area contributed by atoms with Crippen molar-refractivity contribution in [2.24, 2.45) is 4.99 Å². The van der Waals surface area contributed by atoms with Crippen LogP contribution in [0.5, 0.6) is 0 Å². The minimum absolute atomic E-state index is 0.0318. The first-order valence-electron chi connectivity index (χ1n) is 13.3. The molecule has 5 rings (SSSR count). The molecular formula is C30H31F3N4O2. The van der Waals surface area contributed by atoms with Crippen molar-refractivity contribution in [1.29, 1.82) is 5.26 Å². The first-order chi connectivity index (χ1) is 18.8. The van der Waals surface area contributed by atoms with Gasteiger partial charge in [-0.3, -0.25) is 9.98 Å². The molecule has 0 bridgehead atoms. The summed E-state index contributed by atoms with van der Waals surface area (Å²) in [7, 11) is 1.64. The van der Waals surface area contributed by atoms with Gasteiger partial charge in [0.25, 0.3) is 0 Å². The Morgan fingerprint density at radius 1 is 1.15 bits per heavy atom. The zero-order valence-electron chi connectivity index (χ0n) is 21.8. The minimum Gasteiger partial charge on any atom is -0.384 e. The number of benzene rings is 1. The maximum absolute atomic E-state index is 13.3. The quantitative estimate of drug-likeness (QED) is 0.411. The standard InChI is InChI=1S/C30H31F3N4O2/c1-38-17-13-22-12-16-35-20-26(22)37(24-8-6-23(7-9-24)30(31,32)33)25-10-14-29(15-11-25)28-27(39-29)5-3-2-4-21(18-34)19-36-28/h2,4,6-9,12,16,19-20,25,27H,3,5,10-11,13-15,17H2,1H3/b4-2-,21-19+,36-28?. The molecule has 1 aromatic heterocycles. The zero-order valence-corrected chi connectivity index (χ0v) is 21.8. The van der Waals surface area contributed by atoms with Crippen LogP contribution in [0, 0.1) is 11.3 Å². The molecule has 1 saturated carbocycles. The van der Waals surface area contributed by atoms with Crippen LogP contribution in [0.1, 0.15) is 49.7 Å². The number of rotatable bonds is 6. The number of allylic oxidation sites excluding steroid dienone is 3. The number of anilines is 2. The van der Waals surface area contributed by atoms with E-state index in [0.29, 0.717) is 24.3 Å². The van der Waals surface area contributed by atoms with E-state index in [9.17, 15) is 18.4 Å². The maximum Gasteiger partial charge on any atom is 0.416 e. The van der Waals surface area contributed by atoms with E-state index in [4.69, 9.17) is 14.5 Å². The molecule has 9 heteroatoms. The summed E-state index contributed by atoms with van der Waals surface area (Å²) in [5, 5.41) is 9.37. The number of nitriles is 1. The van der Waals surface area contributed by atoms with E-state index in [1.807, 2.05) is 12.1 Å². The summed E-state index contributed by atoms with van der Waals surface area (Å²) in [5.41, 5.74) is 2.97. The van der Waals surface area contributed by atoms with Crippen molar-refractivity contribution in [3.63, 3.8) is 0 Å². The number of alkyl halides is 3. The smallest absolute Gasteiger partial charge is 0.384 e. The van der Waals surface area contributed by atoms with Crippen LogP contribution in [0.4, 0.5) is 24.5 Å². The average molecular weight is 537 g/mol. The number of pyridine rings is 1. The third-order valence-electron chi connectivity index (χ3n) is 7.83. The van der Waals surface area contributed by atoms with Crippen LogP contribution in [-0.4, -0.2) is 42.2 Å². The van der Waals surface area contributed by atoms with E-state index in [1.165, 1.54) is 0 Å². The van der Waals surface area contributed by atoms with E-state index >= 15 is 0 Å². The first kappa shape index (κ1) is 27.1. The van der Waals surface area contributed by atoms with Gasteiger partial charge < -0.3 is 14.4 Å². The third kappa shape index (κ3) is 5.63. The highest BCUT2D eigenvalue weighted by molar-refractivity contribution is 6.01. The molecule has 1 unspecified atom stereocenters. The molecule has 6 nitrogen and oxygen atoms in total. The van der Waals surface area contributed by atoms with E-state index < -0.39 is 17.3 Å². The molecule has 3 aliphatic rings. The van der Waals surface area contributed by atoms with E-state index in [1.54, 1.807) is 43.9 Å². The molecule has 1 atom stereocenters. The lowest BCUT2D eigenvalue weighted by molar-refractivity contribution is -0.137. The van der Waals surface area contributed by atoms with Gasteiger partial charge in [0, 0.05) is 31.2 Å². The lowest BCUT2D eigenvalue weighted by Crippen LogP contribution is -2.63. The molecule has 0 N–H and O–H groups in total. The van der Waals surface area contributed by atoms with Gasteiger partial charge in [0.15, 0.2) is 0 Å². The lowest BCUT2D eigenvalue weighted by Gasteiger charge is -2.53. The Bertz CT molecular complexity index is 1300. The number of hydrogen-bond acceptors (Lipinski definition) is 6. The van der Waals surface area contributed by atoms with Crippen LogP contribution in [0.15, 0.2) is 71.6 Å². The molecule has 3 heterocycles. The van der Waals surface area contributed by atoms with Gasteiger partial charge >= 0.3 is 6.18 Å². The van der Waals surface area contributed by atoms with Gasteiger partial charge in [0.05, 0.1) is 35.3 Å². The van der Waals surface area contributed by atoms with Crippen LogP contribution in [0.2, 0.25) is 0 Å². The maximum atomic E-state index is 13.3. The van der Waals surface area contributed by atoms with Gasteiger partial charge in [-0.1, -0.05) is 6.08 Å². The second kappa shape index (κ2) is 11.3.